The number of pyridine rings is 1. The number of methoxy groups -OCH3 is 1. The van der Waals surface area contributed by atoms with Crippen molar-refractivity contribution in [1.29, 1.82) is 0 Å². The predicted molar refractivity (Wildman–Crippen MR) is 115 cm³/mol. The van der Waals surface area contributed by atoms with E-state index >= 15 is 0 Å². The molecule has 2 aromatic rings. The molecule has 0 aliphatic carbocycles. The van der Waals surface area contributed by atoms with E-state index < -0.39 is 29.3 Å². The number of benzene rings is 1. The first-order chi connectivity index (χ1) is 14.3. The lowest BCUT2D eigenvalue weighted by Crippen LogP contribution is -2.26. The average molecular weight is 453 g/mol. The molecular formula is C21H19ClF2N2O3S. The molecule has 0 fully saturated rings. The maximum absolute atomic E-state index is 14.3. The Hall–Kier alpha value is -2.71. The van der Waals surface area contributed by atoms with E-state index in [1.165, 1.54) is 18.0 Å². The van der Waals surface area contributed by atoms with Gasteiger partial charge in [-0.2, -0.15) is 0 Å². The van der Waals surface area contributed by atoms with Gasteiger partial charge in [-0.25, -0.2) is 8.78 Å². The van der Waals surface area contributed by atoms with E-state index in [-0.39, 0.29) is 11.3 Å². The summed E-state index contributed by atoms with van der Waals surface area (Å²) in [7, 11) is 1.08. The number of hydrogen-bond acceptors (Lipinski definition) is 6. The second kappa shape index (κ2) is 10.9. The number of rotatable bonds is 9. The Morgan fingerprint density at radius 2 is 2.10 bits per heavy atom. The van der Waals surface area contributed by atoms with Crippen LogP contribution >= 0.6 is 23.4 Å². The standard InChI is InChI=1S/C21H19ClF2N2O3S/c1-4-14(30-12(2)22)11-26-17-6-5-9-25-19(17)20(27)18(21(28)29-3)15-8-7-13(23)10-16(15)24/h4-10,18,26H,2,11H2,1,3H3/b14-4-. The van der Waals surface area contributed by atoms with Gasteiger partial charge in [-0.15, -0.1) is 0 Å². The molecule has 158 valence electrons. The fourth-order valence-electron chi connectivity index (χ4n) is 2.63. The molecule has 9 heteroatoms. The topological polar surface area (TPSA) is 68.3 Å². The van der Waals surface area contributed by atoms with Gasteiger partial charge in [-0.05, 0) is 25.1 Å². The quantitative estimate of drug-likeness (QED) is 0.318. The molecule has 0 amide bonds. The van der Waals surface area contributed by atoms with Crippen LogP contribution in [-0.2, 0) is 9.53 Å². The van der Waals surface area contributed by atoms with Crippen molar-refractivity contribution in [2.24, 2.45) is 0 Å². The number of carbonyl (C=O) groups excluding carboxylic acids is 2. The number of anilines is 1. The number of nitrogens with one attached hydrogen (secondary N) is 1. The average Bonchev–Trinajstić information content (AvgIpc) is 2.72. The lowest BCUT2D eigenvalue weighted by molar-refractivity contribution is -0.141. The van der Waals surface area contributed by atoms with Crippen molar-refractivity contribution in [2.75, 3.05) is 19.0 Å². The van der Waals surface area contributed by atoms with E-state index in [0.29, 0.717) is 22.7 Å². The number of ketones is 1. The van der Waals surface area contributed by atoms with E-state index in [4.69, 9.17) is 11.6 Å². The van der Waals surface area contributed by atoms with Crippen LogP contribution in [0, 0.1) is 11.6 Å². The molecule has 5 nitrogen and oxygen atoms in total. The number of esters is 1. The number of hydrogen-bond donors (Lipinski definition) is 1. The van der Waals surface area contributed by atoms with Gasteiger partial charge >= 0.3 is 5.97 Å². The third-order valence-corrected chi connectivity index (χ3v) is 5.13. The lowest BCUT2D eigenvalue weighted by atomic mass is 9.91. The molecule has 0 saturated carbocycles. The number of Topliss-reactive ketones (excluding diaryl/α,β-unsaturated/α-hetero) is 1. The highest BCUT2D eigenvalue weighted by Gasteiger charge is 2.34. The van der Waals surface area contributed by atoms with E-state index in [0.717, 1.165) is 24.1 Å². The highest BCUT2D eigenvalue weighted by Crippen LogP contribution is 2.30. The van der Waals surface area contributed by atoms with Crippen molar-refractivity contribution in [3.05, 3.63) is 81.3 Å². The van der Waals surface area contributed by atoms with Gasteiger partial charge in [0.25, 0.3) is 0 Å². The summed E-state index contributed by atoms with van der Waals surface area (Å²) in [5, 5.41) is 3.06. The van der Waals surface area contributed by atoms with Crippen LogP contribution in [0.25, 0.3) is 0 Å². The number of nitrogens with zero attached hydrogens (tertiary/aromatic N) is 1. The lowest BCUT2D eigenvalue weighted by Gasteiger charge is -2.17. The molecule has 0 aliphatic heterocycles. The number of halogens is 3. The van der Waals surface area contributed by atoms with Gasteiger partial charge in [0.15, 0.2) is 0 Å². The van der Waals surface area contributed by atoms with E-state index in [2.05, 4.69) is 21.6 Å². The number of aromatic nitrogens is 1. The number of ether oxygens (including phenoxy) is 1. The van der Waals surface area contributed by atoms with Crippen LogP contribution in [0.2, 0.25) is 0 Å². The van der Waals surface area contributed by atoms with Crippen LogP contribution in [0.15, 0.2) is 58.5 Å². The summed E-state index contributed by atoms with van der Waals surface area (Å²) in [6.45, 7) is 5.76. The summed E-state index contributed by atoms with van der Waals surface area (Å²) in [5.74, 6) is -5.26. The molecule has 1 atom stereocenters. The molecule has 2 rings (SSSR count). The van der Waals surface area contributed by atoms with Crippen molar-refractivity contribution in [2.45, 2.75) is 12.8 Å². The third-order valence-electron chi connectivity index (χ3n) is 4.03. The van der Waals surface area contributed by atoms with E-state index in [1.54, 1.807) is 12.1 Å². The molecule has 0 saturated heterocycles. The second-order valence-electron chi connectivity index (χ2n) is 5.95. The molecule has 1 aromatic heterocycles. The van der Waals surface area contributed by atoms with Crippen LogP contribution in [0.1, 0.15) is 28.9 Å². The maximum atomic E-state index is 14.3. The smallest absolute Gasteiger partial charge is 0.321 e. The number of allylic oxidation sites excluding steroid dienone is 1. The molecule has 1 N–H and O–H groups in total. The van der Waals surface area contributed by atoms with Gasteiger partial charge in [0.2, 0.25) is 5.78 Å². The fourth-order valence-corrected chi connectivity index (χ4v) is 3.48. The fraction of sp³-hybridized carbons (Fsp3) is 0.190. The first kappa shape index (κ1) is 23.6. The van der Waals surface area contributed by atoms with Gasteiger partial charge in [0.1, 0.15) is 23.2 Å². The Morgan fingerprint density at radius 3 is 2.70 bits per heavy atom. The zero-order valence-corrected chi connectivity index (χ0v) is 17.8. The highest BCUT2D eigenvalue weighted by atomic mass is 35.5. The molecule has 0 spiro atoms. The van der Waals surface area contributed by atoms with Crippen LogP contribution in [0.3, 0.4) is 0 Å². The normalized spacial score (nSPS) is 12.2. The zero-order chi connectivity index (χ0) is 22.3. The Bertz CT molecular complexity index is 998. The summed E-state index contributed by atoms with van der Waals surface area (Å²) in [6.07, 6.45) is 3.20. The largest absolute Gasteiger partial charge is 0.468 e. The van der Waals surface area contributed by atoms with Crippen LogP contribution in [0.4, 0.5) is 14.5 Å². The SMILES string of the molecule is C=C(Cl)S/C(=C\C)CNc1cccnc1C(=O)C(C(=O)OC)c1ccc(F)cc1F. The molecular weight excluding hydrogens is 434 g/mol. The Labute approximate surface area is 182 Å². The van der Waals surface area contributed by atoms with Gasteiger partial charge in [-0.1, -0.05) is 42.1 Å². The zero-order valence-electron chi connectivity index (χ0n) is 16.2. The molecule has 0 radical (unpaired) electrons. The van der Waals surface area contributed by atoms with Crippen LogP contribution in [0.5, 0.6) is 0 Å². The van der Waals surface area contributed by atoms with E-state index in [1.807, 2.05) is 13.0 Å². The molecule has 0 aliphatic rings. The summed E-state index contributed by atoms with van der Waals surface area (Å²) in [4.78, 5) is 30.4. The van der Waals surface area contributed by atoms with Gasteiger partial charge in [0, 0.05) is 29.3 Å². The second-order valence-corrected chi connectivity index (χ2v) is 7.85. The maximum Gasteiger partial charge on any atom is 0.321 e. The summed E-state index contributed by atoms with van der Waals surface area (Å²) in [5.41, 5.74) is -0.0474. The molecule has 1 aromatic carbocycles. The summed E-state index contributed by atoms with van der Waals surface area (Å²) in [6, 6.07) is 5.82. The van der Waals surface area contributed by atoms with Crippen molar-refractivity contribution < 1.29 is 23.1 Å². The monoisotopic (exact) mass is 452 g/mol. The van der Waals surface area contributed by atoms with Gasteiger partial charge < -0.3 is 10.1 Å². The van der Waals surface area contributed by atoms with Crippen molar-refractivity contribution in [3.8, 4) is 0 Å². The summed E-state index contributed by atoms with van der Waals surface area (Å²) < 4.78 is 32.7. The first-order valence-electron chi connectivity index (χ1n) is 8.71. The van der Waals surface area contributed by atoms with Gasteiger partial charge in [-0.3, -0.25) is 14.6 Å². The van der Waals surface area contributed by atoms with Crippen molar-refractivity contribution >= 4 is 40.8 Å². The van der Waals surface area contributed by atoms with E-state index in [9.17, 15) is 18.4 Å². The third kappa shape index (κ3) is 5.90. The molecule has 1 heterocycles. The Balaban J connectivity index is 2.40. The Kier molecular flexibility index (Phi) is 8.56. The molecule has 1 unspecified atom stereocenters. The van der Waals surface area contributed by atoms with Crippen LogP contribution in [-0.4, -0.2) is 30.4 Å². The van der Waals surface area contributed by atoms with Gasteiger partial charge in [0.05, 0.1) is 17.2 Å². The Morgan fingerprint density at radius 1 is 1.37 bits per heavy atom. The van der Waals surface area contributed by atoms with Crippen molar-refractivity contribution in [3.63, 3.8) is 0 Å². The minimum atomic E-state index is -1.63. The highest BCUT2D eigenvalue weighted by molar-refractivity contribution is 8.08. The molecule has 0 bridgehead atoms. The molecule has 30 heavy (non-hydrogen) atoms. The number of carbonyl (C=O) groups is 2. The minimum absolute atomic E-state index is 0.0817. The van der Waals surface area contributed by atoms with Crippen LogP contribution < -0.4 is 5.32 Å². The minimum Gasteiger partial charge on any atom is -0.468 e. The number of thioether (sulfide) groups is 1. The predicted octanol–water partition coefficient (Wildman–Crippen LogP) is 5.26. The van der Waals surface area contributed by atoms with Crippen molar-refractivity contribution in [1.82, 2.24) is 4.98 Å². The first-order valence-corrected chi connectivity index (χ1v) is 9.91. The summed E-state index contributed by atoms with van der Waals surface area (Å²) >= 11 is 7.07.